The first-order valence-electron chi connectivity index (χ1n) is 24.4. The monoisotopic (exact) mass is 877 g/mol. The van der Waals surface area contributed by atoms with Gasteiger partial charge in [-0.3, -0.25) is 0 Å². The molecule has 0 saturated carbocycles. The lowest BCUT2D eigenvalue weighted by Crippen LogP contribution is -2.04. The third kappa shape index (κ3) is 16.5. The molecule has 0 amide bonds. The average molecular weight is 878 g/mol. The minimum absolute atomic E-state index is 0.680. The maximum atomic E-state index is 6.66. The third-order valence-corrected chi connectivity index (χ3v) is 12.3. The van der Waals surface area contributed by atoms with Crippen LogP contribution in [0.15, 0.2) is 40.9 Å². The molecular formula is C53H81BrO5. The van der Waals surface area contributed by atoms with E-state index in [0.717, 1.165) is 97.6 Å². The molecule has 0 aliphatic heterocycles. The Morgan fingerprint density at radius 2 is 0.475 bits per heavy atom. The molecule has 0 bridgehead atoms. The second kappa shape index (κ2) is 29.4. The van der Waals surface area contributed by atoms with E-state index in [-0.39, 0.29) is 0 Å². The number of fused-ring (bicyclic) bond motifs is 6. The summed E-state index contributed by atoms with van der Waals surface area (Å²) in [6.07, 6.45) is 30.0. The molecule has 4 aromatic rings. The highest BCUT2D eigenvalue weighted by atomic mass is 79.9. The molecule has 0 aliphatic rings. The molecule has 6 heteroatoms. The van der Waals surface area contributed by atoms with Crippen LogP contribution in [0.2, 0.25) is 0 Å². The van der Waals surface area contributed by atoms with Gasteiger partial charge in [0.05, 0.1) is 37.5 Å². The highest BCUT2D eigenvalue weighted by Gasteiger charge is 2.20. The molecule has 0 N–H and O–H groups in total. The van der Waals surface area contributed by atoms with Crippen LogP contribution in [0.4, 0.5) is 0 Å². The van der Waals surface area contributed by atoms with Gasteiger partial charge in [-0.15, -0.1) is 0 Å². The number of unbranched alkanes of at least 4 members (excludes halogenated alkanes) is 20. The van der Waals surface area contributed by atoms with Gasteiger partial charge in [-0.05, 0) is 117 Å². The van der Waals surface area contributed by atoms with Crippen LogP contribution in [0.25, 0.3) is 32.3 Å². The van der Waals surface area contributed by atoms with Crippen molar-refractivity contribution in [3.8, 4) is 28.7 Å². The highest BCUT2D eigenvalue weighted by Crippen LogP contribution is 2.47. The van der Waals surface area contributed by atoms with Crippen molar-refractivity contribution in [2.75, 3.05) is 33.0 Å². The van der Waals surface area contributed by atoms with Crippen LogP contribution < -0.4 is 23.7 Å². The van der Waals surface area contributed by atoms with Crippen molar-refractivity contribution in [3.63, 3.8) is 0 Å². The molecule has 0 fully saturated rings. The summed E-state index contributed by atoms with van der Waals surface area (Å²) < 4.78 is 34.1. The van der Waals surface area contributed by atoms with E-state index >= 15 is 0 Å². The van der Waals surface area contributed by atoms with E-state index in [1.807, 2.05) is 0 Å². The number of ether oxygens (including phenoxy) is 5. The van der Waals surface area contributed by atoms with E-state index in [1.54, 1.807) is 0 Å². The maximum absolute atomic E-state index is 6.66. The van der Waals surface area contributed by atoms with Gasteiger partial charge in [0, 0.05) is 0 Å². The van der Waals surface area contributed by atoms with Gasteiger partial charge in [0.1, 0.15) is 5.75 Å². The Hall–Kier alpha value is -2.86. The molecule has 330 valence electrons. The standard InChI is InChI=1S/C53H81BrO5/c1-6-11-16-21-26-31-55-49-37-43-42(36-48(49)54)44-38-50(56-32-27-22-17-12-7-2)52(58-34-29-24-19-14-9-4)40-46(44)47-41-53(59-35-30-25-20-15-10-5)51(39-45(43)47)57-33-28-23-18-13-8-3/h36-41H,6-35H2,1-5H3. The lowest BCUT2D eigenvalue weighted by atomic mass is 9.93. The van der Waals surface area contributed by atoms with Crippen molar-refractivity contribution in [1.82, 2.24) is 0 Å². The smallest absolute Gasteiger partial charge is 0.161 e. The zero-order valence-corrected chi connectivity index (χ0v) is 39.7. The van der Waals surface area contributed by atoms with Crippen molar-refractivity contribution in [2.45, 2.75) is 195 Å². The Labute approximate surface area is 368 Å². The average Bonchev–Trinajstić information content (AvgIpc) is 3.24. The first-order valence-corrected chi connectivity index (χ1v) is 25.2. The van der Waals surface area contributed by atoms with Crippen LogP contribution in [0.3, 0.4) is 0 Å². The topological polar surface area (TPSA) is 46.2 Å². The van der Waals surface area contributed by atoms with E-state index in [2.05, 4.69) is 86.9 Å². The summed E-state index contributed by atoms with van der Waals surface area (Å²) in [5, 5.41) is 6.86. The number of benzene rings is 4. The van der Waals surface area contributed by atoms with Gasteiger partial charge in [0.2, 0.25) is 0 Å². The fourth-order valence-electron chi connectivity index (χ4n) is 8.01. The molecule has 0 spiro atoms. The quantitative estimate of drug-likeness (QED) is 0.0340. The van der Waals surface area contributed by atoms with Gasteiger partial charge in [-0.1, -0.05) is 163 Å². The zero-order chi connectivity index (χ0) is 41.9. The van der Waals surface area contributed by atoms with Crippen LogP contribution in [0.5, 0.6) is 28.7 Å². The molecular weight excluding hydrogens is 796 g/mol. The van der Waals surface area contributed by atoms with Crippen LogP contribution >= 0.6 is 15.9 Å². The predicted molar refractivity (Wildman–Crippen MR) is 258 cm³/mol. The first kappa shape index (κ1) is 48.8. The Morgan fingerprint density at radius 1 is 0.271 bits per heavy atom. The van der Waals surface area contributed by atoms with Gasteiger partial charge >= 0.3 is 0 Å². The number of hydrogen-bond acceptors (Lipinski definition) is 5. The third-order valence-electron chi connectivity index (χ3n) is 11.6. The van der Waals surface area contributed by atoms with E-state index in [0.29, 0.717) is 33.0 Å². The van der Waals surface area contributed by atoms with Crippen molar-refractivity contribution >= 4 is 48.2 Å². The lowest BCUT2D eigenvalue weighted by molar-refractivity contribution is 0.259. The van der Waals surface area contributed by atoms with Crippen molar-refractivity contribution in [2.24, 2.45) is 0 Å². The molecule has 5 nitrogen and oxygen atoms in total. The van der Waals surface area contributed by atoms with Crippen LogP contribution in [-0.2, 0) is 0 Å². The molecule has 0 unspecified atom stereocenters. The normalized spacial score (nSPS) is 11.6. The minimum Gasteiger partial charge on any atom is -0.492 e. The van der Waals surface area contributed by atoms with E-state index in [9.17, 15) is 0 Å². The second-order valence-electron chi connectivity index (χ2n) is 16.8. The number of halogens is 1. The summed E-state index contributed by atoms with van der Waals surface area (Å²) in [6, 6.07) is 13.5. The molecule has 4 aromatic carbocycles. The van der Waals surface area contributed by atoms with Crippen molar-refractivity contribution in [3.05, 3.63) is 40.9 Å². The van der Waals surface area contributed by atoms with Gasteiger partial charge < -0.3 is 23.7 Å². The van der Waals surface area contributed by atoms with E-state index in [4.69, 9.17) is 23.7 Å². The SMILES string of the molecule is CCCCCCCOc1cc2c(cc1Br)c1cc(OCCCCCCC)c(OCCCCCCC)cc1c1cc(OCCCCCCC)c(OCCCCCCC)cc21. The fourth-order valence-corrected chi connectivity index (χ4v) is 8.47. The van der Waals surface area contributed by atoms with Crippen molar-refractivity contribution in [1.29, 1.82) is 0 Å². The summed E-state index contributed by atoms with van der Waals surface area (Å²) >= 11 is 3.94. The fraction of sp³-hybridized carbons (Fsp3) is 0.660. The summed E-state index contributed by atoms with van der Waals surface area (Å²) in [6.45, 7) is 14.8. The summed E-state index contributed by atoms with van der Waals surface area (Å²) in [5.41, 5.74) is 0. The maximum Gasteiger partial charge on any atom is 0.161 e. The lowest BCUT2D eigenvalue weighted by Gasteiger charge is -2.20. The van der Waals surface area contributed by atoms with E-state index < -0.39 is 0 Å². The Kier molecular flexibility index (Phi) is 24.3. The Balaban J connectivity index is 1.84. The van der Waals surface area contributed by atoms with Gasteiger partial charge in [0.15, 0.2) is 23.0 Å². The van der Waals surface area contributed by atoms with Gasteiger partial charge in [-0.25, -0.2) is 0 Å². The van der Waals surface area contributed by atoms with Gasteiger partial charge in [0.25, 0.3) is 0 Å². The summed E-state index contributed by atoms with van der Waals surface area (Å²) in [7, 11) is 0. The Bertz CT molecular complexity index is 1700. The van der Waals surface area contributed by atoms with Gasteiger partial charge in [-0.2, -0.15) is 0 Å². The Morgan fingerprint density at radius 3 is 0.729 bits per heavy atom. The molecule has 0 atom stereocenters. The van der Waals surface area contributed by atoms with Crippen molar-refractivity contribution < 1.29 is 23.7 Å². The molecule has 0 aliphatic carbocycles. The zero-order valence-electron chi connectivity index (χ0n) is 38.1. The molecule has 4 rings (SSSR count). The number of rotatable bonds is 35. The molecule has 0 radical (unpaired) electrons. The summed E-state index contributed by atoms with van der Waals surface area (Å²) in [4.78, 5) is 0. The second-order valence-corrected chi connectivity index (χ2v) is 17.7. The van der Waals surface area contributed by atoms with Crippen LogP contribution in [0, 0.1) is 0 Å². The van der Waals surface area contributed by atoms with E-state index in [1.165, 1.54) is 128 Å². The highest BCUT2D eigenvalue weighted by molar-refractivity contribution is 9.10. The minimum atomic E-state index is 0.680. The van der Waals surface area contributed by atoms with Crippen LogP contribution in [-0.4, -0.2) is 33.0 Å². The largest absolute Gasteiger partial charge is 0.492 e. The molecule has 59 heavy (non-hydrogen) atoms. The first-order chi connectivity index (χ1) is 29.1. The molecule has 0 aromatic heterocycles. The molecule has 0 heterocycles. The predicted octanol–water partition coefficient (Wildman–Crippen LogP) is 17.7. The number of hydrogen-bond donors (Lipinski definition) is 0. The van der Waals surface area contributed by atoms with Crippen LogP contribution in [0.1, 0.15) is 195 Å². The molecule has 0 saturated heterocycles. The summed E-state index contributed by atoms with van der Waals surface area (Å²) in [5.74, 6) is 4.20.